The van der Waals surface area contributed by atoms with Gasteiger partial charge in [-0.25, -0.2) is 0 Å². The lowest BCUT2D eigenvalue weighted by Crippen LogP contribution is -2.09. The van der Waals surface area contributed by atoms with E-state index >= 15 is 0 Å². The van der Waals surface area contributed by atoms with Gasteiger partial charge in [0.15, 0.2) is 0 Å². The van der Waals surface area contributed by atoms with Gasteiger partial charge < -0.3 is 5.32 Å². The number of rotatable bonds is 3. The number of hydrogen-bond donors (Lipinski definition) is 1. The van der Waals surface area contributed by atoms with Crippen molar-refractivity contribution in [2.45, 2.75) is 33.1 Å². The van der Waals surface area contributed by atoms with Crippen molar-refractivity contribution in [3.05, 3.63) is 29.8 Å². The van der Waals surface area contributed by atoms with E-state index < -0.39 is 0 Å². The summed E-state index contributed by atoms with van der Waals surface area (Å²) in [6.45, 7) is 5.85. The molecule has 0 aliphatic rings. The summed E-state index contributed by atoms with van der Waals surface area (Å²) < 4.78 is 0. The average Bonchev–Trinajstić information content (AvgIpc) is 2.16. The first-order chi connectivity index (χ1) is 6.65. The first-order valence-corrected chi connectivity index (χ1v) is 5.01. The van der Waals surface area contributed by atoms with Crippen LogP contribution in [0.2, 0.25) is 0 Å². The minimum atomic E-state index is -0.0132. The van der Waals surface area contributed by atoms with Crippen LogP contribution < -0.4 is 5.32 Å². The van der Waals surface area contributed by atoms with Crippen LogP contribution in [0.25, 0.3) is 0 Å². The van der Waals surface area contributed by atoms with Gasteiger partial charge in [0.1, 0.15) is 0 Å². The van der Waals surface area contributed by atoms with Crippen LogP contribution in [0.15, 0.2) is 24.3 Å². The molecular weight excluding hydrogens is 174 g/mol. The summed E-state index contributed by atoms with van der Waals surface area (Å²) in [5.74, 6) is 0.471. The molecule has 1 aromatic carbocycles. The van der Waals surface area contributed by atoms with E-state index in [4.69, 9.17) is 0 Å². The van der Waals surface area contributed by atoms with E-state index in [1.165, 1.54) is 12.5 Å². The summed E-state index contributed by atoms with van der Waals surface area (Å²) in [4.78, 5) is 11.0. The second kappa shape index (κ2) is 4.80. The lowest BCUT2D eigenvalue weighted by molar-refractivity contribution is -0.114. The highest BCUT2D eigenvalue weighted by Crippen LogP contribution is 2.26. The van der Waals surface area contributed by atoms with Crippen LogP contribution in [0.4, 0.5) is 5.69 Å². The molecule has 0 unspecified atom stereocenters. The SMILES string of the molecule is CC[C@@H](C)c1ccccc1NC(C)=O. The van der Waals surface area contributed by atoms with Gasteiger partial charge in [0, 0.05) is 12.6 Å². The lowest BCUT2D eigenvalue weighted by Gasteiger charge is -2.14. The second-order valence-corrected chi connectivity index (χ2v) is 3.58. The van der Waals surface area contributed by atoms with Crippen molar-refractivity contribution in [3.63, 3.8) is 0 Å². The Labute approximate surface area is 85.3 Å². The summed E-state index contributed by atoms with van der Waals surface area (Å²) in [5, 5.41) is 2.85. The highest BCUT2D eigenvalue weighted by Gasteiger charge is 2.08. The predicted molar refractivity (Wildman–Crippen MR) is 59.5 cm³/mol. The highest BCUT2D eigenvalue weighted by molar-refractivity contribution is 5.89. The molecular formula is C12H17NO. The molecule has 0 bridgehead atoms. The zero-order valence-corrected chi connectivity index (χ0v) is 9.00. The predicted octanol–water partition coefficient (Wildman–Crippen LogP) is 3.16. The monoisotopic (exact) mass is 191 g/mol. The number of carbonyl (C=O) groups excluding carboxylic acids is 1. The molecule has 1 atom stereocenters. The van der Waals surface area contributed by atoms with Crippen LogP contribution in [-0.2, 0) is 4.79 Å². The van der Waals surface area contributed by atoms with E-state index in [0.29, 0.717) is 5.92 Å². The first kappa shape index (κ1) is 10.8. The van der Waals surface area contributed by atoms with E-state index in [9.17, 15) is 4.79 Å². The molecule has 1 rings (SSSR count). The molecule has 0 saturated carbocycles. The van der Waals surface area contributed by atoms with E-state index in [0.717, 1.165) is 12.1 Å². The summed E-state index contributed by atoms with van der Waals surface area (Å²) in [6.07, 6.45) is 1.08. The zero-order chi connectivity index (χ0) is 10.6. The molecule has 0 aromatic heterocycles. The second-order valence-electron chi connectivity index (χ2n) is 3.58. The molecule has 2 heteroatoms. The summed E-state index contributed by atoms with van der Waals surface area (Å²) in [5.41, 5.74) is 2.15. The van der Waals surface area contributed by atoms with Gasteiger partial charge in [0.2, 0.25) is 5.91 Å². The summed E-state index contributed by atoms with van der Waals surface area (Å²) >= 11 is 0. The Morgan fingerprint density at radius 2 is 2.07 bits per heavy atom. The van der Waals surface area contributed by atoms with Gasteiger partial charge in [-0.1, -0.05) is 32.0 Å². The molecule has 76 valence electrons. The van der Waals surface area contributed by atoms with Crippen LogP contribution in [0.1, 0.15) is 38.7 Å². The smallest absolute Gasteiger partial charge is 0.221 e. The Bertz CT molecular complexity index is 320. The molecule has 0 aliphatic heterocycles. The molecule has 14 heavy (non-hydrogen) atoms. The van der Waals surface area contributed by atoms with Gasteiger partial charge in [-0.15, -0.1) is 0 Å². The van der Waals surface area contributed by atoms with E-state index in [-0.39, 0.29) is 5.91 Å². The molecule has 1 N–H and O–H groups in total. The van der Waals surface area contributed by atoms with Gasteiger partial charge in [-0.05, 0) is 24.0 Å². The normalized spacial score (nSPS) is 12.2. The topological polar surface area (TPSA) is 29.1 Å². The molecule has 2 nitrogen and oxygen atoms in total. The van der Waals surface area contributed by atoms with Crippen molar-refractivity contribution in [2.24, 2.45) is 0 Å². The van der Waals surface area contributed by atoms with Crippen LogP contribution in [0.3, 0.4) is 0 Å². The van der Waals surface area contributed by atoms with Crippen LogP contribution in [-0.4, -0.2) is 5.91 Å². The van der Waals surface area contributed by atoms with Crippen LogP contribution in [0, 0.1) is 0 Å². The van der Waals surface area contributed by atoms with Crippen molar-refractivity contribution >= 4 is 11.6 Å². The molecule has 0 saturated heterocycles. The standard InChI is InChI=1S/C12H17NO/c1-4-9(2)11-7-5-6-8-12(11)13-10(3)14/h5-9H,4H2,1-3H3,(H,13,14)/t9-/m1/s1. The average molecular weight is 191 g/mol. The summed E-state index contributed by atoms with van der Waals surface area (Å²) in [6, 6.07) is 7.96. The van der Waals surface area contributed by atoms with Gasteiger partial charge >= 0.3 is 0 Å². The third-order valence-corrected chi connectivity index (χ3v) is 2.41. The fourth-order valence-corrected chi connectivity index (χ4v) is 1.45. The van der Waals surface area contributed by atoms with E-state index in [1.807, 2.05) is 18.2 Å². The molecule has 0 aliphatic carbocycles. The van der Waals surface area contributed by atoms with Crippen molar-refractivity contribution in [2.75, 3.05) is 5.32 Å². The van der Waals surface area contributed by atoms with E-state index in [2.05, 4.69) is 25.2 Å². The largest absolute Gasteiger partial charge is 0.326 e. The maximum Gasteiger partial charge on any atom is 0.221 e. The summed E-state index contributed by atoms with van der Waals surface area (Å²) in [7, 11) is 0. The Hall–Kier alpha value is -1.31. The third-order valence-electron chi connectivity index (χ3n) is 2.41. The van der Waals surface area contributed by atoms with Crippen LogP contribution in [0.5, 0.6) is 0 Å². The maximum atomic E-state index is 11.0. The lowest BCUT2D eigenvalue weighted by atomic mass is 9.97. The molecule has 1 aromatic rings. The van der Waals surface area contributed by atoms with Crippen molar-refractivity contribution in [3.8, 4) is 0 Å². The van der Waals surface area contributed by atoms with Gasteiger partial charge in [-0.2, -0.15) is 0 Å². The number of amides is 1. The Kier molecular flexibility index (Phi) is 3.69. The van der Waals surface area contributed by atoms with Crippen molar-refractivity contribution < 1.29 is 4.79 Å². The number of hydrogen-bond acceptors (Lipinski definition) is 1. The number of nitrogens with one attached hydrogen (secondary N) is 1. The Morgan fingerprint density at radius 1 is 1.43 bits per heavy atom. The number of para-hydroxylation sites is 1. The number of benzene rings is 1. The molecule has 0 fully saturated rings. The molecule has 0 radical (unpaired) electrons. The first-order valence-electron chi connectivity index (χ1n) is 5.01. The van der Waals surface area contributed by atoms with E-state index in [1.54, 1.807) is 0 Å². The third kappa shape index (κ3) is 2.59. The zero-order valence-electron chi connectivity index (χ0n) is 9.00. The van der Waals surface area contributed by atoms with Crippen LogP contribution >= 0.6 is 0 Å². The number of carbonyl (C=O) groups is 1. The van der Waals surface area contributed by atoms with Crippen molar-refractivity contribution in [1.82, 2.24) is 0 Å². The molecule has 1 amide bonds. The minimum Gasteiger partial charge on any atom is -0.326 e. The molecule has 0 heterocycles. The van der Waals surface area contributed by atoms with Gasteiger partial charge in [0.05, 0.1) is 0 Å². The highest BCUT2D eigenvalue weighted by atomic mass is 16.1. The van der Waals surface area contributed by atoms with Gasteiger partial charge in [0.25, 0.3) is 0 Å². The molecule has 0 spiro atoms. The fraction of sp³-hybridized carbons (Fsp3) is 0.417. The number of anilines is 1. The maximum absolute atomic E-state index is 11.0. The fourth-order valence-electron chi connectivity index (χ4n) is 1.45. The quantitative estimate of drug-likeness (QED) is 0.781. The van der Waals surface area contributed by atoms with Gasteiger partial charge in [-0.3, -0.25) is 4.79 Å². The Morgan fingerprint density at radius 3 is 2.64 bits per heavy atom. The minimum absolute atomic E-state index is 0.0132. The Balaban J connectivity index is 2.96. The van der Waals surface area contributed by atoms with Crippen molar-refractivity contribution in [1.29, 1.82) is 0 Å².